The normalized spacial score (nSPS) is 14.6. The molecule has 0 aromatic heterocycles. The van der Waals surface area contributed by atoms with E-state index in [1.807, 2.05) is 78.9 Å². The fourth-order valence-corrected chi connectivity index (χ4v) is 4.38. The van der Waals surface area contributed by atoms with Crippen LogP contribution in [-0.2, 0) is 6.61 Å². The van der Waals surface area contributed by atoms with Gasteiger partial charge in [-0.05, 0) is 71.3 Å². The zero-order valence-electron chi connectivity index (χ0n) is 21.2. The average molecular weight is 509 g/mol. The van der Waals surface area contributed by atoms with E-state index >= 15 is 0 Å². The molecule has 7 heteroatoms. The minimum Gasteiger partial charge on any atom is -0.507 e. The number of rotatable bonds is 8. The Balaban J connectivity index is 1.43. The summed E-state index contributed by atoms with van der Waals surface area (Å²) in [5, 5.41) is 16.6. The van der Waals surface area contributed by atoms with Crippen molar-refractivity contribution in [1.29, 1.82) is 0 Å². The van der Waals surface area contributed by atoms with E-state index < -0.39 is 5.91 Å². The van der Waals surface area contributed by atoms with Gasteiger partial charge in [-0.25, -0.2) is 5.01 Å². The summed E-state index contributed by atoms with van der Waals surface area (Å²) in [6, 6.07) is 29.4. The van der Waals surface area contributed by atoms with Crippen LogP contribution in [0, 0.1) is 0 Å². The van der Waals surface area contributed by atoms with E-state index in [1.165, 1.54) is 24.3 Å². The van der Waals surface area contributed by atoms with Crippen LogP contribution < -0.4 is 14.2 Å². The fourth-order valence-electron chi connectivity index (χ4n) is 4.38. The molecule has 1 atom stereocenters. The lowest BCUT2D eigenvalue weighted by molar-refractivity contribution is 0.0707. The monoisotopic (exact) mass is 508 g/mol. The molecule has 1 aliphatic heterocycles. The molecule has 0 saturated heterocycles. The Morgan fingerprint density at radius 3 is 2.21 bits per heavy atom. The van der Waals surface area contributed by atoms with Crippen LogP contribution in [-0.4, -0.2) is 36.0 Å². The number of carbonyl (C=O) groups is 1. The van der Waals surface area contributed by atoms with Crippen molar-refractivity contribution in [3.63, 3.8) is 0 Å². The average Bonchev–Trinajstić information content (AvgIpc) is 3.42. The Morgan fingerprint density at radius 2 is 1.53 bits per heavy atom. The van der Waals surface area contributed by atoms with Crippen LogP contribution in [0.1, 0.15) is 39.5 Å². The van der Waals surface area contributed by atoms with Crippen molar-refractivity contribution in [2.75, 3.05) is 14.2 Å². The first kappa shape index (κ1) is 24.9. The van der Waals surface area contributed by atoms with E-state index in [9.17, 15) is 9.90 Å². The number of hydrazone groups is 1. The Kier molecular flexibility index (Phi) is 7.26. The maximum absolute atomic E-state index is 13.7. The highest BCUT2D eigenvalue weighted by atomic mass is 16.5. The van der Waals surface area contributed by atoms with Crippen LogP contribution >= 0.6 is 0 Å². The number of nitrogens with zero attached hydrogens (tertiary/aromatic N) is 2. The zero-order chi connectivity index (χ0) is 26.5. The molecule has 1 amide bonds. The van der Waals surface area contributed by atoms with Gasteiger partial charge >= 0.3 is 0 Å². The quantitative estimate of drug-likeness (QED) is 0.317. The van der Waals surface area contributed by atoms with E-state index in [-0.39, 0.29) is 17.4 Å². The SMILES string of the molecule is COc1ccc(C2=NN(C(=O)c3cc(OC)ccc3O)C(c3ccc(OCc4ccccc4)cc3)C2)cc1. The molecule has 1 unspecified atom stereocenters. The molecule has 0 spiro atoms. The largest absolute Gasteiger partial charge is 0.507 e. The zero-order valence-corrected chi connectivity index (χ0v) is 21.2. The first-order chi connectivity index (χ1) is 18.6. The molecule has 0 bridgehead atoms. The number of hydrogen-bond donors (Lipinski definition) is 1. The molecule has 4 aromatic rings. The van der Waals surface area contributed by atoms with Gasteiger partial charge in [0.15, 0.2) is 0 Å². The van der Waals surface area contributed by atoms with Gasteiger partial charge in [-0.3, -0.25) is 4.79 Å². The van der Waals surface area contributed by atoms with Gasteiger partial charge in [0, 0.05) is 6.42 Å². The minimum atomic E-state index is -0.417. The van der Waals surface area contributed by atoms with Crippen LogP contribution in [0.2, 0.25) is 0 Å². The molecule has 5 rings (SSSR count). The summed E-state index contributed by atoms with van der Waals surface area (Å²) in [4.78, 5) is 13.7. The van der Waals surface area contributed by atoms with Gasteiger partial charge in [-0.1, -0.05) is 42.5 Å². The first-order valence-electron chi connectivity index (χ1n) is 12.2. The summed E-state index contributed by atoms with van der Waals surface area (Å²) in [5.74, 6) is 1.40. The van der Waals surface area contributed by atoms with Crippen molar-refractivity contribution in [2.24, 2.45) is 5.10 Å². The van der Waals surface area contributed by atoms with Crippen LogP contribution in [0.4, 0.5) is 0 Å². The summed E-state index contributed by atoms with van der Waals surface area (Å²) in [6.45, 7) is 0.466. The van der Waals surface area contributed by atoms with Gasteiger partial charge < -0.3 is 19.3 Å². The van der Waals surface area contributed by atoms with Crippen molar-refractivity contribution in [2.45, 2.75) is 19.1 Å². The lowest BCUT2D eigenvalue weighted by Crippen LogP contribution is -2.27. The third-order valence-electron chi connectivity index (χ3n) is 6.49. The lowest BCUT2D eigenvalue weighted by Gasteiger charge is -2.23. The predicted molar refractivity (Wildman–Crippen MR) is 145 cm³/mol. The fraction of sp³-hybridized carbons (Fsp3) is 0.161. The van der Waals surface area contributed by atoms with Gasteiger partial charge in [-0.15, -0.1) is 0 Å². The van der Waals surface area contributed by atoms with Crippen LogP contribution in [0.3, 0.4) is 0 Å². The van der Waals surface area contributed by atoms with Crippen LogP contribution in [0.15, 0.2) is 102 Å². The molecule has 0 aliphatic carbocycles. The third kappa shape index (κ3) is 5.32. The van der Waals surface area contributed by atoms with Crippen molar-refractivity contribution in [3.8, 4) is 23.0 Å². The number of methoxy groups -OCH3 is 2. The molecule has 0 fully saturated rings. The third-order valence-corrected chi connectivity index (χ3v) is 6.49. The number of ether oxygens (including phenoxy) is 3. The number of benzene rings is 4. The summed E-state index contributed by atoms with van der Waals surface area (Å²) >= 11 is 0. The van der Waals surface area contributed by atoms with Gasteiger partial charge in [-0.2, -0.15) is 5.10 Å². The summed E-state index contributed by atoms with van der Waals surface area (Å²) in [6.07, 6.45) is 0.507. The molecular weight excluding hydrogens is 480 g/mol. The molecule has 0 saturated carbocycles. The van der Waals surface area contributed by atoms with E-state index in [0.29, 0.717) is 18.8 Å². The lowest BCUT2D eigenvalue weighted by atomic mass is 9.98. The molecule has 38 heavy (non-hydrogen) atoms. The highest BCUT2D eigenvalue weighted by molar-refractivity contribution is 6.05. The van der Waals surface area contributed by atoms with E-state index in [0.717, 1.165) is 33.9 Å². The second-order valence-corrected chi connectivity index (χ2v) is 8.87. The summed E-state index contributed by atoms with van der Waals surface area (Å²) in [5.41, 5.74) is 3.76. The second kappa shape index (κ2) is 11.1. The number of aromatic hydroxyl groups is 1. The van der Waals surface area contributed by atoms with E-state index in [4.69, 9.17) is 19.3 Å². The summed E-state index contributed by atoms with van der Waals surface area (Å²) < 4.78 is 16.5. The number of phenols is 1. The molecular formula is C31H28N2O5. The maximum Gasteiger partial charge on any atom is 0.278 e. The molecule has 0 radical (unpaired) electrons. The van der Waals surface area contributed by atoms with Crippen molar-refractivity contribution >= 4 is 11.6 Å². The van der Waals surface area contributed by atoms with Gasteiger partial charge in [0.05, 0.1) is 31.5 Å². The molecule has 7 nitrogen and oxygen atoms in total. The molecule has 1 heterocycles. The topological polar surface area (TPSA) is 80.6 Å². The second-order valence-electron chi connectivity index (χ2n) is 8.87. The molecule has 192 valence electrons. The van der Waals surface area contributed by atoms with E-state index in [1.54, 1.807) is 13.2 Å². The Morgan fingerprint density at radius 1 is 0.868 bits per heavy atom. The Bertz CT molecular complexity index is 1430. The highest BCUT2D eigenvalue weighted by Crippen LogP contribution is 2.36. The molecule has 4 aromatic carbocycles. The number of phenolic OH excluding ortho intramolecular Hbond substituents is 1. The van der Waals surface area contributed by atoms with Crippen LogP contribution in [0.25, 0.3) is 0 Å². The summed E-state index contributed by atoms with van der Waals surface area (Å²) in [7, 11) is 3.13. The maximum atomic E-state index is 13.7. The smallest absolute Gasteiger partial charge is 0.278 e. The Hall–Kier alpha value is -4.78. The highest BCUT2D eigenvalue weighted by Gasteiger charge is 2.35. The van der Waals surface area contributed by atoms with Gasteiger partial charge in [0.25, 0.3) is 5.91 Å². The van der Waals surface area contributed by atoms with Crippen molar-refractivity contribution in [3.05, 3.63) is 119 Å². The van der Waals surface area contributed by atoms with Gasteiger partial charge in [0.1, 0.15) is 29.6 Å². The van der Waals surface area contributed by atoms with Crippen molar-refractivity contribution in [1.82, 2.24) is 5.01 Å². The number of amides is 1. The number of carbonyl (C=O) groups excluding carboxylic acids is 1. The molecule has 1 aliphatic rings. The molecule has 1 N–H and O–H groups in total. The Labute approximate surface area is 221 Å². The standard InChI is InChI=1S/C31H28N2O5/c1-36-24-12-8-22(9-13-24)28-19-29(33(32-28)31(35)27-18-26(37-2)16-17-30(27)34)23-10-14-25(15-11-23)38-20-21-6-4-3-5-7-21/h3-18,29,34H,19-20H2,1-2H3. The minimum absolute atomic E-state index is 0.122. The number of hydrogen-bond acceptors (Lipinski definition) is 6. The first-order valence-corrected chi connectivity index (χ1v) is 12.2. The predicted octanol–water partition coefficient (Wildman–Crippen LogP) is 5.98. The van der Waals surface area contributed by atoms with E-state index in [2.05, 4.69) is 0 Å². The van der Waals surface area contributed by atoms with Crippen molar-refractivity contribution < 1.29 is 24.1 Å². The van der Waals surface area contributed by atoms with Crippen LogP contribution in [0.5, 0.6) is 23.0 Å². The van der Waals surface area contributed by atoms with Gasteiger partial charge in [0.2, 0.25) is 0 Å².